The number of benzene rings is 1. The van der Waals surface area contributed by atoms with Crippen molar-refractivity contribution >= 4 is 0 Å². The molecule has 1 aliphatic carbocycles. The number of likely N-dealkylation sites (tertiary alicyclic amines) is 1. The van der Waals surface area contributed by atoms with Crippen LogP contribution in [0.3, 0.4) is 0 Å². The molecule has 3 rings (SSSR count). The molecule has 1 heterocycles. The molecular weight excluding hydrogens is 244 g/mol. The smallest absolute Gasteiger partial charge is 0.0292 e. The molecule has 1 saturated heterocycles. The first-order chi connectivity index (χ1) is 9.72. The molecule has 1 N–H and O–H groups in total. The Morgan fingerprint density at radius 3 is 2.80 bits per heavy atom. The van der Waals surface area contributed by atoms with E-state index in [-0.39, 0.29) is 0 Å². The molecule has 1 aromatic rings. The molecule has 0 aromatic heterocycles. The average Bonchev–Trinajstić information content (AvgIpc) is 2.90. The van der Waals surface area contributed by atoms with Gasteiger partial charge in [-0.1, -0.05) is 18.2 Å². The molecule has 110 valence electrons. The zero-order valence-electron chi connectivity index (χ0n) is 13.0. The second kappa shape index (κ2) is 6.28. The molecule has 1 fully saturated rings. The number of nitrogens with zero attached hydrogens (tertiary/aromatic N) is 1. The lowest BCUT2D eigenvalue weighted by molar-refractivity contribution is 0.382. The van der Waals surface area contributed by atoms with E-state index in [1.807, 2.05) is 0 Å². The molecule has 20 heavy (non-hydrogen) atoms. The number of hydrogen-bond acceptors (Lipinski definition) is 2. The Morgan fingerprint density at radius 1 is 1.25 bits per heavy atom. The van der Waals surface area contributed by atoms with E-state index >= 15 is 0 Å². The third-order valence-electron chi connectivity index (χ3n) is 5.07. The van der Waals surface area contributed by atoms with Crippen molar-refractivity contribution in [1.82, 2.24) is 10.2 Å². The lowest BCUT2D eigenvalue weighted by Crippen LogP contribution is -2.27. The van der Waals surface area contributed by atoms with Crippen LogP contribution >= 0.6 is 0 Å². The van der Waals surface area contributed by atoms with E-state index in [9.17, 15) is 0 Å². The number of rotatable bonds is 4. The SMILES string of the molecule is CC(NCC1CCN(C)C1)c1ccc2c(c1)CCCC2. The summed E-state index contributed by atoms with van der Waals surface area (Å²) in [5.41, 5.74) is 4.66. The van der Waals surface area contributed by atoms with Crippen LogP contribution in [0.2, 0.25) is 0 Å². The highest BCUT2D eigenvalue weighted by molar-refractivity contribution is 5.35. The summed E-state index contributed by atoms with van der Waals surface area (Å²) in [6, 6.07) is 7.63. The van der Waals surface area contributed by atoms with Crippen molar-refractivity contribution in [2.75, 3.05) is 26.7 Å². The Balaban J connectivity index is 1.58. The van der Waals surface area contributed by atoms with E-state index in [2.05, 4.69) is 42.4 Å². The predicted molar refractivity (Wildman–Crippen MR) is 85.1 cm³/mol. The Kier molecular flexibility index (Phi) is 4.42. The van der Waals surface area contributed by atoms with Crippen LogP contribution in [-0.2, 0) is 12.8 Å². The first-order valence-electron chi connectivity index (χ1n) is 8.26. The first-order valence-corrected chi connectivity index (χ1v) is 8.26. The molecule has 0 bridgehead atoms. The number of nitrogens with one attached hydrogen (secondary N) is 1. The summed E-state index contributed by atoms with van der Waals surface area (Å²) in [4.78, 5) is 2.44. The Morgan fingerprint density at radius 2 is 2.05 bits per heavy atom. The van der Waals surface area contributed by atoms with E-state index < -0.39 is 0 Å². The van der Waals surface area contributed by atoms with Gasteiger partial charge < -0.3 is 10.2 Å². The maximum Gasteiger partial charge on any atom is 0.0292 e. The molecular formula is C18H28N2. The predicted octanol–water partition coefficient (Wildman–Crippen LogP) is 3.17. The van der Waals surface area contributed by atoms with Crippen molar-refractivity contribution in [3.63, 3.8) is 0 Å². The van der Waals surface area contributed by atoms with Crippen molar-refractivity contribution in [3.05, 3.63) is 34.9 Å². The van der Waals surface area contributed by atoms with Gasteiger partial charge in [-0.2, -0.15) is 0 Å². The van der Waals surface area contributed by atoms with Gasteiger partial charge in [-0.05, 0) is 81.8 Å². The largest absolute Gasteiger partial charge is 0.310 e. The lowest BCUT2D eigenvalue weighted by atomic mass is 9.89. The van der Waals surface area contributed by atoms with E-state index in [4.69, 9.17) is 0 Å². The fourth-order valence-electron chi connectivity index (χ4n) is 3.68. The third-order valence-corrected chi connectivity index (χ3v) is 5.07. The van der Waals surface area contributed by atoms with Gasteiger partial charge in [-0.25, -0.2) is 0 Å². The molecule has 1 aromatic carbocycles. The summed E-state index contributed by atoms with van der Waals surface area (Å²) in [6.45, 7) is 5.98. The van der Waals surface area contributed by atoms with Gasteiger partial charge in [0.2, 0.25) is 0 Å². The van der Waals surface area contributed by atoms with E-state index in [0.717, 1.165) is 12.5 Å². The Bertz CT molecular complexity index is 455. The highest BCUT2D eigenvalue weighted by Crippen LogP contribution is 2.25. The van der Waals surface area contributed by atoms with E-state index in [0.29, 0.717) is 6.04 Å². The maximum absolute atomic E-state index is 3.74. The van der Waals surface area contributed by atoms with Crippen LogP contribution in [0.1, 0.15) is 48.9 Å². The Hall–Kier alpha value is -0.860. The minimum Gasteiger partial charge on any atom is -0.310 e. The summed E-state index contributed by atoms with van der Waals surface area (Å²) in [7, 11) is 2.23. The van der Waals surface area contributed by atoms with Crippen LogP contribution < -0.4 is 5.32 Å². The van der Waals surface area contributed by atoms with E-state index in [1.54, 1.807) is 11.1 Å². The fourth-order valence-corrected chi connectivity index (χ4v) is 3.68. The summed E-state index contributed by atoms with van der Waals surface area (Å²) < 4.78 is 0. The quantitative estimate of drug-likeness (QED) is 0.905. The van der Waals surface area contributed by atoms with E-state index in [1.165, 1.54) is 50.8 Å². The molecule has 0 spiro atoms. The molecule has 0 radical (unpaired) electrons. The maximum atomic E-state index is 3.74. The second-order valence-corrected chi connectivity index (χ2v) is 6.78. The molecule has 0 amide bonds. The normalized spacial score (nSPS) is 24.6. The molecule has 0 saturated carbocycles. The molecule has 2 atom stereocenters. The lowest BCUT2D eigenvalue weighted by Gasteiger charge is -2.21. The number of hydrogen-bond donors (Lipinski definition) is 1. The fraction of sp³-hybridized carbons (Fsp3) is 0.667. The standard InChI is InChI=1S/C18H28N2/c1-14(19-12-15-9-10-20(2)13-15)17-8-7-16-5-3-4-6-18(16)11-17/h7-8,11,14-15,19H,3-6,9-10,12-13H2,1-2H3. The van der Waals surface area contributed by atoms with Crippen molar-refractivity contribution in [3.8, 4) is 0 Å². The van der Waals surface area contributed by atoms with Crippen LogP contribution in [-0.4, -0.2) is 31.6 Å². The third kappa shape index (κ3) is 3.24. The molecule has 1 aliphatic heterocycles. The second-order valence-electron chi connectivity index (χ2n) is 6.78. The summed E-state index contributed by atoms with van der Waals surface area (Å²) in [6.07, 6.45) is 6.65. The van der Waals surface area contributed by atoms with Crippen molar-refractivity contribution in [2.24, 2.45) is 5.92 Å². The van der Waals surface area contributed by atoms with Gasteiger partial charge in [0.25, 0.3) is 0 Å². The molecule has 2 unspecified atom stereocenters. The van der Waals surface area contributed by atoms with Crippen molar-refractivity contribution in [2.45, 2.75) is 45.1 Å². The Labute approximate surface area is 123 Å². The van der Waals surface area contributed by atoms with Gasteiger partial charge in [0, 0.05) is 12.6 Å². The number of aryl methyl sites for hydroxylation is 2. The highest BCUT2D eigenvalue weighted by Gasteiger charge is 2.20. The summed E-state index contributed by atoms with van der Waals surface area (Å²) >= 11 is 0. The zero-order chi connectivity index (χ0) is 13.9. The van der Waals surface area contributed by atoms with Gasteiger partial charge in [0.15, 0.2) is 0 Å². The summed E-state index contributed by atoms with van der Waals surface area (Å²) in [5.74, 6) is 0.833. The van der Waals surface area contributed by atoms with Gasteiger partial charge in [0.1, 0.15) is 0 Å². The average molecular weight is 272 g/mol. The number of fused-ring (bicyclic) bond motifs is 1. The topological polar surface area (TPSA) is 15.3 Å². The van der Waals surface area contributed by atoms with Crippen LogP contribution in [0.25, 0.3) is 0 Å². The van der Waals surface area contributed by atoms with Gasteiger partial charge >= 0.3 is 0 Å². The van der Waals surface area contributed by atoms with Crippen molar-refractivity contribution < 1.29 is 0 Å². The van der Waals surface area contributed by atoms with Crippen LogP contribution in [0.15, 0.2) is 18.2 Å². The van der Waals surface area contributed by atoms with Gasteiger partial charge in [-0.3, -0.25) is 0 Å². The molecule has 2 nitrogen and oxygen atoms in total. The molecule has 2 aliphatic rings. The van der Waals surface area contributed by atoms with Gasteiger partial charge in [0.05, 0.1) is 0 Å². The monoisotopic (exact) mass is 272 g/mol. The minimum absolute atomic E-state index is 0.480. The first kappa shape index (κ1) is 14.1. The minimum atomic E-state index is 0.480. The van der Waals surface area contributed by atoms with Crippen LogP contribution in [0.4, 0.5) is 0 Å². The van der Waals surface area contributed by atoms with Crippen LogP contribution in [0.5, 0.6) is 0 Å². The van der Waals surface area contributed by atoms with Crippen molar-refractivity contribution in [1.29, 1.82) is 0 Å². The van der Waals surface area contributed by atoms with Gasteiger partial charge in [-0.15, -0.1) is 0 Å². The highest BCUT2D eigenvalue weighted by atomic mass is 15.1. The summed E-state index contributed by atoms with van der Waals surface area (Å²) in [5, 5.41) is 3.74. The zero-order valence-corrected chi connectivity index (χ0v) is 13.0. The van der Waals surface area contributed by atoms with Crippen LogP contribution in [0, 0.1) is 5.92 Å². The molecule has 2 heteroatoms.